The van der Waals surface area contributed by atoms with Crippen molar-refractivity contribution in [1.29, 1.82) is 0 Å². The van der Waals surface area contributed by atoms with Crippen molar-refractivity contribution < 1.29 is 4.79 Å². The topological polar surface area (TPSA) is 46.3 Å². The zero-order chi connectivity index (χ0) is 11.4. The van der Waals surface area contributed by atoms with Crippen LogP contribution >= 0.6 is 0 Å². The lowest BCUT2D eigenvalue weighted by Gasteiger charge is -2.34. The van der Waals surface area contributed by atoms with E-state index < -0.39 is 0 Å². The Labute approximate surface area is 98.4 Å². The minimum Gasteiger partial charge on any atom is -0.342 e. The fourth-order valence-corrected chi connectivity index (χ4v) is 3.17. The molecule has 0 radical (unpaired) electrons. The van der Waals surface area contributed by atoms with Crippen LogP contribution < -0.4 is 5.73 Å². The Morgan fingerprint density at radius 2 is 1.94 bits per heavy atom. The molecule has 0 spiro atoms. The van der Waals surface area contributed by atoms with Crippen LogP contribution in [-0.2, 0) is 4.79 Å². The maximum Gasteiger partial charge on any atom is 0.225 e. The summed E-state index contributed by atoms with van der Waals surface area (Å²) in [6.45, 7) is 2.71. The zero-order valence-corrected chi connectivity index (χ0v) is 10.2. The highest BCUT2D eigenvalue weighted by Crippen LogP contribution is 2.28. The molecule has 2 N–H and O–H groups in total. The van der Waals surface area contributed by atoms with Gasteiger partial charge >= 0.3 is 0 Å². The second-order valence-electron chi connectivity index (χ2n) is 5.35. The van der Waals surface area contributed by atoms with Crippen molar-refractivity contribution >= 4 is 5.91 Å². The summed E-state index contributed by atoms with van der Waals surface area (Å²) in [6, 6.07) is 0. The Morgan fingerprint density at radius 1 is 1.19 bits per heavy atom. The second kappa shape index (κ2) is 5.67. The minimum atomic E-state index is 0.344. The van der Waals surface area contributed by atoms with Crippen LogP contribution in [0.15, 0.2) is 0 Å². The predicted octanol–water partition coefficient (Wildman–Crippen LogP) is 1.76. The normalized spacial score (nSPS) is 27.3. The van der Waals surface area contributed by atoms with Crippen LogP contribution in [0.25, 0.3) is 0 Å². The Kier molecular flexibility index (Phi) is 4.22. The summed E-state index contributed by atoms with van der Waals surface area (Å²) in [6.07, 6.45) is 8.24. The third-order valence-electron chi connectivity index (χ3n) is 4.11. The molecule has 92 valence electrons. The highest BCUT2D eigenvalue weighted by molar-refractivity contribution is 5.79. The molecule has 1 aliphatic heterocycles. The Hall–Kier alpha value is -0.570. The van der Waals surface area contributed by atoms with Gasteiger partial charge < -0.3 is 10.6 Å². The van der Waals surface area contributed by atoms with E-state index in [0.29, 0.717) is 17.7 Å². The van der Waals surface area contributed by atoms with E-state index in [1.165, 1.54) is 25.7 Å². The molecule has 1 amide bonds. The monoisotopic (exact) mass is 224 g/mol. The van der Waals surface area contributed by atoms with Crippen LogP contribution in [0.1, 0.15) is 44.9 Å². The Balaban J connectivity index is 1.85. The van der Waals surface area contributed by atoms with Crippen molar-refractivity contribution in [3.05, 3.63) is 0 Å². The van der Waals surface area contributed by atoms with Crippen LogP contribution in [0, 0.1) is 11.8 Å². The summed E-state index contributed by atoms with van der Waals surface area (Å²) < 4.78 is 0. The molecule has 1 heterocycles. The number of nitrogens with zero attached hydrogens (tertiary/aromatic N) is 1. The molecule has 3 nitrogen and oxygen atoms in total. The molecule has 0 aromatic rings. The lowest BCUT2D eigenvalue weighted by molar-refractivity contribution is -0.137. The smallest absolute Gasteiger partial charge is 0.225 e. The van der Waals surface area contributed by atoms with Crippen LogP contribution in [0.3, 0.4) is 0 Å². The summed E-state index contributed by atoms with van der Waals surface area (Å²) in [5, 5.41) is 0. The molecule has 1 atom stereocenters. The quantitative estimate of drug-likeness (QED) is 0.794. The van der Waals surface area contributed by atoms with Gasteiger partial charge in [0.15, 0.2) is 0 Å². The van der Waals surface area contributed by atoms with Crippen LogP contribution in [0.4, 0.5) is 0 Å². The van der Waals surface area contributed by atoms with Crippen LogP contribution in [0.2, 0.25) is 0 Å². The number of amides is 1. The van der Waals surface area contributed by atoms with Gasteiger partial charge in [-0.15, -0.1) is 0 Å². The largest absolute Gasteiger partial charge is 0.342 e. The van der Waals surface area contributed by atoms with Gasteiger partial charge in [-0.3, -0.25) is 4.79 Å². The minimum absolute atomic E-state index is 0.344. The number of hydrogen-bond donors (Lipinski definition) is 1. The molecular weight excluding hydrogens is 200 g/mol. The van der Waals surface area contributed by atoms with Gasteiger partial charge in [0.2, 0.25) is 5.91 Å². The van der Waals surface area contributed by atoms with Crippen molar-refractivity contribution in [2.45, 2.75) is 44.9 Å². The van der Waals surface area contributed by atoms with Crippen molar-refractivity contribution in [3.8, 4) is 0 Å². The molecule has 0 bridgehead atoms. The molecule has 16 heavy (non-hydrogen) atoms. The first-order chi connectivity index (χ1) is 7.81. The molecule has 2 rings (SSSR count). The highest BCUT2D eigenvalue weighted by atomic mass is 16.2. The number of piperidine rings is 1. The summed E-state index contributed by atoms with van der Waals surface area (Å²) in [7, 11) is 0. The van der Waals surface area contributed by atoms with Crippen molar-refractivity contribution in [1.82, 2.24) is 4.90 Å². The zero-order valence-electron chi connectivity index (χ0n) is 10.2. The molecule has 1 aliphatic carbocycles. The fourth-order valence-electron chi connectivity index (χ4n) is 3.17. The first-order valence-electron chi connectivity index (χ1n) is 6.80. The van der Waals surface area contributed by atoms with Crippen molar-refractivity contribution in [3.63, 3.8) is 0 Å². The van der Waals surface area contributed by atoms with Gasteiger partial charge in [-0.25, -0.2) is 0 Å². The van der Waals surface area contributed by atoms with Crippen LogP contribution in [-0.4, -0.2) is 30.4 Å². The van der Waals surface area contributed by atoms with Gasteiger partial charge in [0.25, 0.3) is 0 Å². The van der Waals surface area contributed by atoms with Crippen LogP contribution in [0.5, 0.6) is 0 Å². The summed E-state index contributed by atoms with van der Waals surface area (Å²) >= 11 is 0. The molecule has 3 heteroatoms. The van der Waals surface area contributed by atoms with Gasteiger partial charge in [0.05, 0.1) is 0 Å². The lowest BCUT2D eigenvalue weighted by Crippen LogP contribution is -2.42. The standard InChI is InChI=1S/C13H24N2O/c14-8-7-11-4-3-9-15(10-11)13(16)12-5-1-2-6-12/h11-12H,1-10,14H2. The molecule has 1 unspecified atom stereocenters. The van der Waals surface area contributed by atoms with E-state index in [-0.39, 0.29) is 0 Å². The molecule has 0 aromatic heterocycles. The van der Waals surface area contributed by atoms with E-state index >= 15 is 0 Å². The van der Waals surface area contributed by atoms with Gasteiger partial charge in [-0.1, -0.05) is 12.8 Å². The maximum absolute atomic E-state index is 12.2. The second-order valence-corrected chi connectivity index (χ2v) is 5.35. The van der Waals surface area contributed by atoms with Gasteiger partial charge in [-0.05, 0) is 44.6 Å². The van der Waals surface area contributed by atoms with E-state index in [1.54, 1.807) is 0 Å². The van der Waals surface area contributed by atoms with Gasteiger partial charge in [0, 0.05) is 19.0 Å². The average molecular weight is 224 g/mol. The number of likely N-dealkylation sites (tertiary alicyclic amines) is 1. The van der Waals surface area contributed by atoms with E-state index in [4.69, 9.17) is 5.73 Å². The van der Waals surface area contributed by atoms with Gasteiger partial charge in [0.1, 0.15) is 0 Å². The summed E-state index contributed by atoms with van der Waals surface area (Å²) in [5.74, 6) is 1.43. The first kappa shape index (κ1) is 11.9. The number of hydrogen-bond acceptors (Lipinski definition) is 2. The SMILES string of the molecule is NCCC1CCCN(C(=O)C2CCCC2)C1. The maximum atomic E-state index is 12.2. The Morgan fingerprint density at radius 3 is 2.62 bits per heavy atom. The van der Waals surface area contributed by atoms with E-state index in [2.05, 4.69) is 4.90 Å². The Bertz CT molecular complexity index is 234. The van der Waals surface area contributed by atoms with Crippen molar-refractivity contribution in [2.24, 2.45) is 17.6 Å². The number of nitrogens with two attached hydrogens (primary N) is 1. The molecule has 0 aromatic carbocycles. The van der Waals surface area contributed by atoms with Gasteiger partial charge in [-0.2, -0.15) is 0 Å². The first-order valence-corrected chi connectivity index (χ1v) is 6.80. The number of carbonyl (C=O) groups excluding carboxylic acids is 1. The third-order valence-corrected chi connectivity index (χ3v) is 4.11. The molecule has 2 aliphatic rings. The van der Waals surface area contributed by atoms with E-state index in [1.807, 2.05) is 0 Å². The molecule has 1 saturated heterocycles. The molecule has 2 fully saturated rings. The van der Waals surface area contributed by atoms with E-state index in [9.17, 15) is 4.79 Å². The average Bonchev–Trinajstić information content (AvgIpc) is 2.82. The lowest BCUT2D eigenvalue weighted by atomic mass is 9.93. The summed E-state index contributed by atoms with van der Waals surface area (Å²) in [5.41, 5.74) is 5.60. The molecular formula is C13H24N2O. The number of rotatable bonds is 3. The summed E-state index contributed by atoms with van der Waals surface area (Å²) in [4.78, 5) is 14.4. The molecule has 1 saturated carbocycles. The van der Waals surface area contributed by atoms with Crippen molar-refractivity contribution in [2.75, 3.05) is 19.6 Å². The fraction of sp³-hybridized carbons (Fsp3) is 0.923. The highest BCUT2D eigenvalue weighted by Gasteiger charge is 2.30. The third kappa shape index (κ3) is 2.76. The number of carbonyl (C=O) groups is 1. The predicted molar refractivity (Wildman–Crippen MR) is 64.9 cm³/mol. The van der Waals surface area contributed by atoms with E-state index in [0.717, 1.165) is 38.9 Å².